The summed E-state index contributed by atoms with van der Waals surface area (Å²) in [5.41, 5.74) is 2.04. The van der Waals surface area contributed by atoms with Gasteiger partial charge in [-0.25, -0.2) is 9.97 Å². The van der Waals surface area contributed by atoms with Crippen molar-refractivity contribution in [1.82, 2.24) is 20.2 Å². The Morgan fingerprint density at radius 2 is 1.55 bits per heavy atom. The first-order valence-corrected chi connectivity index (χ1v) is 10.9. The van der Waals surface area contributed by atoms with Gasteiger partial charge in [0.1, 0.15) is 0 Å². The van der Waals surface area contributed by atoms with E-state index in [-0.39, 0.29) is 29.4 Å². The highest BCUT2D eigenvalue weighted by Gasteiger charge is 2.26. The fourth-order valence-corrected chi connectivity index (χ4v) is 3.84. The fraction of sp³-hybridized carbons (Fsp3) is 0.240. The molecule has 0 saturated carbocycles. The summed E-state index contributed by atoms with van der Waals surface area (Å²) in [5, 5.41) is 5.67. The number of hydrogen-bond donors (Lipinski definition) is 2. The molecule has 2 aromatic carbocycles. The molecule has 0 radical (unpaired) electrons. The summed E-state index contributed by atoms with van der Waals surface area (Å²) in [7, 11) is 0. The second-order valence-electron chi connectivity index (χ2n) is 7.93. The van der Waals surface area contributed by atoms with Gasteiger partial charge in [-0.1, -0.05) is 36.4 Å². The smallest absolute Gasteiger partial charge is 0.273 e. The minimum Gasteiger partial charge on any atom is -0.348 e. The van der Waals surface area contributed by atoms with Crippen molar-refractivity contribution in [2.75, 3.05) is 18.4 Å². The molecule has 1 saturated heterocycles. The minimum absolute atomic E-state index is 0.00416. The average Bonchev–Trinajstić information content (AvgIpc) is 2.85. The molecular weight excluding hydrogens is 418 g/mol. The minimum atomic E-state index is -0.406. The molecular formula is C25H25N5O3. The largest absolute Gasteiger partial charge is 0.348 e. The molecule has 3 amide bonds. The fourth-order valence-electron chi connectivity index (χ4n) is 3.84. The lowest BCUT2D eigenvalue weighted by atomic mass is 10.0. The molecule has 0 bridgehead atoms. The van der Waals surface area contributed by atoms with Crippen molar-refractivity contribution in [3.63, 3.8) is 0 Å². The normalized spacial score (nSPS) is 13.9. The Bertz CT molecular complexity index is 1160. The maximum absolute atomic E-state index is 12.9. The van der Waals surface area contributed by atoms with Gasteiger partial charge in [0, 0.05) is 42.7 Å². The van der Waals surface area contributed by atoms with Crippen molar-refractivity contribution < 1.29 is 14.4 Å². The Balaban J connectivity index is 1.37. The van der Waals surface area contributed by atoms with Gasteiger partial charge < -0.3 is 15.5 Å². The Morgan fingerprint density at radius 3 is 2.27 bits per heavy atom. The lowest BCUT2D eigenvalue weighted by Crippen LogP contribution is -2.46. The standard InChI is InChI=1S/C25H25N5O3/c1-17-7-5-6-10-20(17)23(31)29-22-21(26-13-14-27-22)24(32)28-19-11-15-30(16-12-19)25(33)18-8-3-2-4-9-18/h2-10,13-14,19H,11-12,15-16H2,1H3,(H,28,32)(H,27,29,31). The molecule has 8 nitrogen and oxygen atoms in total. The maximum Gasteiger partial charge on any atom is 0.273 e. The SMILES string of the molecule is Cc1ccccc1C(=O)Nc1nccnc1C(=O)NC1CCN(C(=O)c2ccccc2)CC1. The molecule has 4 rings (SSSR count). The van der Waals surface area contributed by atoms with Gasteiger partial charge in [-0.05, 0) is 43.5 Å². The molecule has 1 fully saturated rings. The summed E-state index contributed by atoms with van der Waals surface area (Å²) in [5.74, 6) is -0.651. The summed E-state index contributed by atoms with van der Waals surface area (Å²) in [6.45, 7) is 2.94. The highest BCUT2D eigenvalue weighted by molar-refractivity contribution is 6.08. The van der Waals surface area contributed by atoms with E-state index in [4.69, 9.17) is 0 Å². The van der Waals surface area contributed by atoms with Gasteiger partial charge in [0.05, 0.1) is 0 Å². The number of carbonyl (C=O) groups excluding carboxylic acids is 3. The Hall–Kier alpha value is -4.07. The van der Waals surface area contributed by atoms with Crippen LogP contribution in [0.15, 0.2) is 67.0 Å². The Morgan fingerprint density at radius 1 is 0.879 bits per heavy atom. The molecule has 1 aromatic heterocycles. The molecule has 1 aliphatic heterocycles. The van der Waals surface area contributed by atoms with Crippen molar-refractivity contribution in [2.45, 2.75) is 25.8 Å². The van der Waals surface area contributed by atoms with Gasteiger partial charge in [-0.3, -0.25) is 14.4 Å². The highest BCUT2D eigenvalue weighted by Crippen LogP contribution is 2.17. The first kappa shape index (κ1) is 22.1. The molecule has 0 aliphatic carbocycles. The van der Waals surface area contributed by atoms with Crippen LogP contribution in [0.5, 0.6) is 0 Å². The molecule has 8 heteroatoms. The van der Waals surface area contributed by atoms with E-state index in [0.29, 0.717) is 37.1 Å². The first-order chi connectivity index (χ1) is 16.0. The first-order valence-electron chi connectivity index (χ1n) is 10.9. The number of aromatic nitrogens is 2. The molecule has 0 atom stereocenters. The predicted octanol–water partition coefficient (Wildman–Crippen LogP) is 3.07. The number of amides is 3. The number of likely N-dealkylation sites (tertiary alicyclic amines) is 1. The van der Waals surface area contributed by atoms with Gasteiger partial charge in [0.2, 0.25) is 0 Å². The van der Waals surface area contributed by atoms with E-state index in [2.05, 4.69) is 20.6 Å². The molecule has 1 aliphatic rings. The second kappa shape index (κ2) is 10.0. The van der Waals surface area contributed by atoms with Gasteiger partial charge in [0.25, 0.3) is 17.7 Å². The van der Waals surface area contributed by atoms with Gasteiger partial charge in [-0.15, -0.1) is 0 Å². The molecule has 0 spiro atoms. The van der Waals surface area contributed by atoms with Crippen LogP contribution < -0.4 is 10.6 Å². The summed E-state index contributed by atoms with van der Waals surface area (Å²) in [6, 6.07) is 16.3. The Kier molecular flexibility index (Phi) is 6.73. The molecule has 168 valence electrons. The monoisotopic (exact) mass is 443 g/mol. The van der Waals surface area contributed by atoms with Gasteiger partial charge in [0.15, 0.2) is 11.5 Å². The van der Waals surface area contributed by atoms with Crippen molar-refractivity contribution in [1.29, 1.82) is 0 Å². The van der Waals surface area contributed by atoms with E-state index in [1.807, 2.05) is 37.3 Å². The summed E-state index contributed by atoms with van der Waals surface area (Å²) in [6.07, 6.45) is 4.11. The maximum atomic E-state index is 12.9. The van der Waals surface area contributed by atoms with Gasteiger partial charge in [-0.2, -0.15) is 0 Å². The number of carbonyl (C=O) groups is 3. The molecule has 0 unspecified atom stereocenters. The van der Waals surface area contributed by atoms with E-state index in [1.165, 1.54) is 12.4 Å². The zero-order valence-corrected chi connectivity index (χ0v) is 18.3. The molecule has 3 aromatic rings. The van der Waals surface area contributed by atoms with E-state index in [9.17, 15) is 14.4 Å². The van der Waals surface area contributed by atoms with Crippen LogP contribution in [-0.4, -0.2) is 51.7 Å². The number of nitrogens with one attached hydrogen (secondary N) is 2. The molecule has 2 heterocycles. The highest BCUT2D eigenvalue weighted by atomic mass is 16.2. The number of rotatable bonds is 5. The van der Waals surface area contributed by atoms with Crippen LogP contribution in [0.2, 0.25) is 0 Å². The van der Waals surface area contributed by atoms with Gasteiger partial charge >= 0.3 is 0 Å². The quantitative estimate of drug-likeness (QED) is 0.631. The summed E-state index contributed by atoms with van der Waals surface area (Å²) >= 11 is 0. The third-order valence-corrected chi connectivity index (χ3v) is 5.67. The second-order valence-corrected chi connectivity index (χ2v) is 7.93. The number of nitrogens with zero attached hydrogens (tertiary/aromatic N) is 3. The average molecular weight is 444 g/mol. The third kappa shape index (κ3) is 5.23. The number of anilines is 1. The zero-order valence-electron chi connectivity index (χ0n) is 18.3. The molecule has 33 heavy (non-hydrogen) atoms. The van der Waals surface area contributed by atoms with E-state index >= 15 is 0 Å². The van der Waals surface area contributed by atoms with Crippen LogP contribution in [0.4, 0.5) is 5.82 Å². The van der Waals surface area contributed by atoms with Crippen molar-refractivity contribution in [3.8, 4) is 0 Å². The third-order valence-electron chi connectivity index (χ3n) is 5.67. The predicted molar refractivity (Wildman–Crippen MR) is 124 cm³/mol. The number of aryl methyl sites for hydroxylation is 1. The number of hydrogen-bond acceptors (Lipinski definition) is 5. The zero-order chi connectivity index (χ0) is 23.2. The number of benzene rings is 2. The topological polar surface area (TPSA) is 104 Å². The van der Waals surface area contributed by atoms with Crippen molar-refractivity contribution >= 4 is 23.5 Å². The lowest BCUT2D eigenvalue weighted by Gasteiger charge is -2.32. The summed E-state index contributed by atoms with van der Waals surface area (Å²) in [4.78, 5) is 48.3. The van der Waals surface area contributed by atoms with Crippen molar-refractivity contribution in [3.05, 3.63) is 89.4 Å². The van der Waals surface area contributed by atoms with E-state index in [1.54, 1.807) is 29.2 Å². The van der Waals surface area contributed by atoms with Crippen molar-refractivity contribution in [2.24, 2.45) is 0 Å². The van der Waals surface area contributed by atoms with E-state index < -0.39 is 5.91 Å². The van der Waals surface area contributed by atoms with Crippen LogP contribution in [0.25, 0.3) is 0 Å². The van der Waals surface area contributed by atoms with Crippen LogP contribution >= 0.6 is 0 Å². The molecule has 2 N–H and O–H groups in total. The van der Waals surface area contributed by atoms with Crippen LogP contribution in [0, 0.1) is 6.92 Å². The van der Waals surface area contributed by atoms with Crippen LogP contribution in [-0.2, 0) is 0 Å². The number of piperidine rings is 1. The summed E-state index contributed by atoms with van der Waals surface area (Å²) < 4.78 is 0. The Labute approximate surface area is 192 Å². The van der Waals surface area contributed by atoms with E-state index in [0.717, 1.165) is 5.56 Å². The van der Waals surface area contributed by atoms with Crippen LogP contribution in [0.1, 0.15) is 49.6 Å². The van der Waals surface area contributed by atoms with Crippen LogP contribution in [0.3, 0.4) is 0 Å². The lowest BCUT2D eigenvalue weighted by molar-refractivity contribution is 0.0697.